The van der Waals surface area contributed by atoms with Gasteiger partial charge in [0.25, 0.3) is 0 Å². The number of hydrogen-bond acceptors (Lipinski definition) is 5. The van der Waals surface area contributed by atoms with E-state index in [4.69, 9.17) is 9.47 Å². The Morgan fingerprint density at radius 2 is 1.69 bits per heavy atom. The van der Waals surface area contributed by atoms with Crippen LogP contribution in [0.15, 0.2) is 54.9 Å². The number of benzene rings is 1. The van der Waals surface area contributed by atoms with Gasteiger partial charge in [-0.3, -0.25) is 4.98 Å². The van der Waals surface area contributed by atoms with Crippen molar-refractivity contribution in [1.29, 1.82) is 0 Å². The van der Waals surface area contributed by atoms with E-state index in [-0.39, 0.29) is 13.0 Å². The molecule has 0 fully saturated rings. The molecule has 1 atom stereocenters. The number of esters is 1. The zero-order chi connectivity index (χ0) is 19.0. The molecule has 1 heterocycles. The lowest BCUT2D eigenvalue weighted by molar-refractivity contribution is -0.147. The van der Waals surface area contributed by atoms with Gasteiger partial charge in [0, 0.05) is 18.8 Å². The average molecular weight is 356 g/mol. The average Bonchev–Trinajstić information content (AvgIpc) is 2.59. The van der Waals surface area contributed by atoms with Crippen LogP contribution in [0, 0.1) is 0 Å². The Labute approximate surface area is 153 Å². The number of aromatic nitrogens is 1. The van der Waals surface area contributed by atoms with Crippen LogP contribution in [0.5, 0.6) is 0 Å². The predicted molar refractivity (Wildman–Crippen MR) is 97.3 cm³/mol. The molecule has 138 valence electrons. The van der Waals surface area contributed by atoms with Crippen molar-refractivity contribution in [3.63, 3.8) is 0 Å². The highest BCUT2D eigenvalue weighted by molar-refractivity contribution is 5.81. The lowest BCUT2D eigenvalue weighted by Gasteiger charge is -2.23. The lowest BCUT2D eigenvalue weighted by Crippen LogP contribution is -2.45. The maximum Gasteiger partial charge on any atom is 0.408 e. The van der Waals surface area contributed by atoms with E-state index in [9.17, 15) is 9.59 Å². The van der Waals surface area contributed by atoms with Crippen molar-refractivity contribution in [2.75, 3.05) is 0 Å². The van der Waals surface area contributed by atoms with Gasteiger partial charge in [-0.05, 0) is 44.0 Å². The van der Waals surface area contributed by atoms with Crippen LogP contribution in [0.4, 0.5) is 4.79 Å². The molecule has 0 aliphatic rings. The van der Waals surface area contributed by atoms with Gasteiger partial charge < -0.3 is 14.8 Å². The summed E-state index contributed by atoms with van der Waals surface area (Å²) in [7, 11) is 0. The third-order valence-corrected chi connectivity index (χ3v) is 3.39. The minimum atomic E-state index is -0.851. The molecular weight excluding hydrogens is 332 g/mol. The zero-order valence-electron chi connectivity index (χ0n) is 15.3. The van der Waals surface area contributed by atoms with E-state index in [1.165, 1.54) is 0 Å². The van der Waals surface area contributed by atoms with Gasteiger partial charge in [-0.15, -0.1) is 0 Å². The number of ether oxygens (including phenoxy) is 2. The van der Waals surface area contributed by atoms with E-state index in [2.05, 4.69) is 10.3 Å². The summed E-state index contributed by atoms with van der Waals surface area (Å²) in [4.78, 5) is 28.6. The molecule has 1 amide bonds. The molecule has 1 unspecified atom stereocenters. The highest BCUT2D eigenvalue weighted by Crippen LogP contribution is 2.10. The molecule has 6 nitrogen and oxygen atoms in total. The van der Waals surface area contributed by atoms with Gasteiger partial charge in [0.05, 0.1) is 0 Å². The van der Waals surface area contributed by atoms with Crippen molar-refractivity contribution in [3.05, 3.63) is 66.0 Å². The smallest absolute Gasteiger partial charge is 0.408 e. The van der Waals surface area contributed by atoms with Gasteiger partial charge >= 0.3 is 12.1 Å². The summed E-state index contributed by atoms with van der Waals surface area (Å²) in [6, 6.07) is 12.1. The van der Waals surface area contributed by atoms with Crippen LogP contribution in [-0.4, -0.2) is 28.7 Å². The summed E-state index contributed by atoms with van der Waals surface area (Å²) >= 11 is 0. The largest absolute Gasteiger partial charge is 0.459 e. The minimum Gasteiger partial charge on any atom is -0.459 e. The van der Waals surface area contributed by atoms with Crippen molar-refractivity contribution in [1.82, 2.24) is 10.3 Å². The molecule has 1 aromatic carbocycles. The van der Waals surface area contributed by atoms with Crippen molar-refractivity contribution in [2.24, 2.45) is 0 Å². The first-order valence-electron chi connectivity index (χ1n) is 8.42. The van der Waals surface area contributed by atoms with E-state index in [0.717, 1.165) is 11.1 Å². The van der Waals surface area contributed by atoms with Crippen LogP contribution < -0.4 is 5.32 Å². The maximum atomic E-state index is 12.5. The number of carbonyl (C=O) groups excluding carboxylic acids is 2. The molecule has 0 aliphatic carbocycles. The van der Waals surface area contributed by atoms with Crippen LogP contribution in [0.3, 0.4) is 0 Å². The fourth-order valence-electron chi connectivity index (χ4n) is 2.23. The normalized spacial score (nSPS) is 12.1. The quantitative estimate of drug-likeness (QED) is 0.804. The number of hydrogen-bond donors (Lipinski definition) is 1. The van der Waals surface area contributed by atoms with Crippen molar-refractivity contribution < 1.29 is 19.1 Å². The molecule has 6 heteroatoms. The van der Waals surface area contributed by atoms with Gasteiger partial charge in [-0.1, -0.05) is 30.3 Å². The summed E-state index contributed by atoms with van der Waals surface area (Å²) in [6.07, 6.45) is 2.90. The first-order valence-corrected chi connectivity index (χ1v) is 8.42. The van der Waals surface area contributed by atoms with E-state index in [1.807, 2.05) is 30.3 Å². The summed E-state index contributed by atoms with van der Waals surface area (Å²) in [5.74, 6) is -0.517. The molecule has 0 radical (unpaired) electrons. The van der Waals surface area contributed by atoms with Gasteiger partial charge in [-0.2, -0.15) is 0 Å². The first-order chi connectivity index (χ1) is 12.3. The molecule has 0 spiro atoms. The molecule has 2 aromatic rings. The second-order valence-electron chi connectivity index (χ2n) is 6.85. The standard InChI is InChI=1S/C20H24N2O4/c1-20(2,3)26-19(24)22-17(13-15-9-11-21-12-10-15)18(23)25-14-16-7-5-4-6-8-16/h4-12,17H,13-14H2,1-3H3,(H,22,24). The Morgan fingerprint density at radius 1 is 1.04 bits per heavy atom. The van der Waals surface area contributed by atoms with Crippen molar-refractivity contribution in [3.8, 4) is 0 Å². The number of amides is 1. The lowest BCUT2D eigenvalue weighted by atomic mass is 10.1. The molecule has 0 saturated carbocycles. The second-order valence-corrected chi connectivity index (χ2v) is 6.85. The molecule has 0 bridgehead atoms. The molecule has 1 N–H and O–H groups in total. The maximum absolute atomic E-state index is 12.5. The molecule has 1 aromatic heterocycles. The number of nitrogens with one attached hydrogen (secondary N) is 1. The van der Waals surface area contributed by atoms with Crippen LogP contribution in [0.2, 0.25) is 0 Å². The van der Waals surface area contributed by atoms with Crippen molar-refractivity contribution >= 4 is 12.1 Å². The van der Waals surface area contributed by atoms with E-state index < -0.39 is 23.7 Å². The SMILES string of the molecule is CC(C)(C)OC(=O)NC(Cc1ccncc1)C(=O)OCc1ccccc1. The fourth-order valence-corrected chi connectivity index (χ4v) is 2.23. The van der Waals surface area contributed by atoms with Gasteiger partial charge in [0.2, 0.25) is 0 Å². The Morgan fingerprint density at radius 3 is 2.31 bits per heavy atom. The van der Waals surface area contributed by atoms with Crippen molar-refractivity contribution in [2.45, 2.75) is 45.4 Å². The third-order valence-electron chi connectivity index (χ3n) is 3.39. The molecule has 0 saturated heterocycles. The zero-order valence-corrected chi connectivity index (χ0v) is 15.3. The summed E-state index contributed by atoms with van der Waals surface area (Å²) in [5.41, 5.74) is 1.08. The topological polar surface area (TPSA) is 77.5 Å². The van der Waals surface area contributed by atoms with E-state index in [1.54, 1.807) is 45.3 Å². The molecular formula is C20H24N2O4. The van der Waals surface area contributed by atoms with Crippen LogP contribution in [0.25, 0.3) is 0 Å². The highest BCUT2D eigenvalue weighted by atomic mass is 16.6. The van der Waals surface area contributed by atoms with Crippen LogP contribution in [-0.2, 0) is 27.3 Å². The molecule has 2 rings (SSSR count). The Kier molecular flexibility index (Phi) is 6.72. The monoisotopic (exact) mass is 356 g/mol. The van der Waals surface area contributed by atoms with Gasteiger partial charge in [-0.25, -0.2) is 9.59 Å². The van der Waals surface area contributed by atoms with E-state index in [0.29, 0.717) is 0 Å². The van der Waals surface area contributed by atoms with Crippen LogP contribution in [0.1, 0.15) is 31.9 Å². The second kappa shape index (κ2) is 8.99. The van der Waals surface area contributed by atoms with Gasteiger partial charge in [0.15, 0.2) is 0 Å². The summed E-state index contributed by atoms with van der Waals surface area (Å²) < 4.78 is 10.6. The third kappa shape index (κ3) is 6.93. The number of nitrogens with zero attached hydrogens (tertiary/aromatic N) is 1. The Hall–Kier alpha value is -2.89. The number of carbonyl (C=O) groups is 2. The fraction of sp³-hybridized carbons (Fsp3) is 0.350. The number of pyridine rings is 1. The van der Waals surface area contributed by atoms with E-state index >= 15 is 0 Å². The summed E-state index contributed by atoms with van der Waals surface area (Å²) in [6.45, 7) is 5.43. The minimum absolute atomic E-state index is 0.141. The summed E-state index contributed by atoms with van der Waals surface area (Å²) in [5, 5.41) is 2.60. The molecule has 0 aliphatic heterocycles. The Balaban J connectivity index is 2.03. The molecule has 26 heavy (non-hydrogen) atoms. The number of alkyl carbamates (subject to hydrolysis) is 1. The van der Waals surface area contributed by atoms with Gasteiger partial charge in [0.1, 0.15) is 18.2 Å². The highest BCUT2D eigenvalue weighted by Gasteiger charge is 2.26. The predicted octanol–water partition coefficient (Wildman–Crippen LogP) is 3.26. The van der Waals surface area contributed by atoms with Crippen LogP contribution >= 0.6 is 0 Å². The Bertz CT molecular complexity index is 712. The first kappa shape index (κ1) is 19.4. The number of rotatable bonds is 6.